The molecule has 0 aliphatic carbocycles. The number of benzene rings is 1. The first kappa shape index (κ1) is 13.6. The first-order valence-electron chi connectivity index (χ1n) is 7.81. The third-order valence-corrected chi connectivity index (χ3v) is 5.37. The minimum atomic E-state index is -0.0557. The van der Waals surface area contributed by atoms with Crippen molar-refractivity contribution in [3.8, 4) is 0 Å². The molecule has 7 heteroatoms. The van der Waals surface area contributed by atoms with Gasteiger partial charge in [-0.1, -0.05) is 12.1 Å². The van der Waals surface area contributed by atoms with Gasteiger partial charge in [-0.05, 0) is 18.2 Å². The van der Waals surface area contributed by atoms with E-state index < -0.39 is 0 Å². The van der Waals surface area contributed by atoms with E-state index in [2.05, 4.69) is 30.9 Å². The number of nitrogens with zero attached hydrogens (tertiary/aromatic N) is 5. The molecule has 1 atom stereocenters. The number of imidazole rings is 1. The number of H-pyrrole nitrogens is 1. The van der Waals surface area contributed by atoms with E-state index in [0.29, 0.717) is 0 Å². The van der Waals surface area contributed by atoms with Crippen molar-refractivity contribution >= 4 is 27.5 Å². The second-order valence-corrected chi connectivity index (χ2v) is 6.74. The van der Waals surface area contributed by atoms with Crippen LogP contribution in [-0.2, 0) is 6.42 Å². The second-order valence-electron chi connectivity index (χ2n) is 5.68. The lowest BCUT2D eigenvalue weighted by molar-refractivity contribution is 0.616. The van der Waals surface area contributed by atoms with Crippen molar-refractivity contribution in [1.82, 2.24) is 24.9 Å². The van der Waals surface area contributed by atoms with Crippen LogP contribution in [0.5, 0.6) is 0 Å². The quantitative estimate of drug-likeness (QED) is 0.610. The Morgan fingerprint density at radius 3 is 2.83 bits per heavy atom. The third-order valence-electron chi connectivity index (χ3n) is 4.28. The van der Waals surface area contributed by atoms with Crippen molar-refractivity contribution in [3.05, 3.63) is 65.4 Å². The molecule has 0 unspecified atom stereocenters. The van der Waals surface area contributed by atoms with Crippen LogP contribution in [0.1, 0.15) is 22.4 Å². The Hall–Kier alpha value is -2.80. The fourth-order valence-electron chi connectivity index (χ4n) is 3.19. The predicted octanol–water partition coefficient (Wildman–Crippen LogP) is 2.96. The minimum absolute atomic E-state index is 0.0557. The van der Waals surface area contributed by atoms with Gasteiger partial charge in [0.1, 0.15) is 11.0 Å². The van der Waals surface area contributed by atoms with E-state index in [1.165, 1.54) is 10.4 Å². The van der Waals surface area contributed by atoms with Crippen molar-refractivity contribution in [3.63, 3.8) is 0 Å². The molecule has 118 valence electrons. The molecule has 0 saturated heterocycles. The van der Waals surface area contributed by atoms with Gasteiger partial charge in [0, 0.05) is 31.1 Å². The van der Waals surface area contributed by atoms with E-state index in [1.807, 2.05) is 24.3 Å². The number of nitrogens with one attached hydrogen (secondary N) is 1. The lowest BCUT2D eigenvalue weighted by Crippen LogP contribution is -2.37. The molecule has 1 N–H and O–H groups in total. The number of para-hydroxylation sites is 1. The summed E-state index contributed by atoms with van der Waals surface area (Å²) in [5, 5.41) is 1.02. The molecule has 4 heterocycles. The van der Waals surface area contributed by atoms with Gasteiger partial charge in [-0.25, -0.2) is 19.9 Å². The van der Waals surface area contributed by atoms with Crippen LogP contribution in [0, 0.1) is 0 Å². The lowest BCUT2D eigenvalue weighted by atomic mass is 10.0. The molecule has 24 heavy (non-hydrogen) atoms. The zero-order valence-corrected chi connectivity index (χ0v) is 13.6. The molecule has 0 fully saturated rings. The highest BCUT2D eigenvalue weighted by atomic mass is 32.1. The molecule has 6 nitrogen and oxygen atoms in total. The van der Waals surface area contributed by atoms with E-state index in [4.69, 9.17) is 4.98 Å². The number of aromatic amines is 1. The molecule has 0 bridgehead atoms. The lowest BCUT2D eigenvalue weighted by Gasteiger charge is -2.33. The average Bonchev–Trinajstić information content (AvgIpc) is 3.28. The predicted molar refractivity (Wildman–Crippen MR) is 93.1 cm³/mol. The molecule has 4 aromatic rings. The van der Waals surface area contributed by atoms with Gasteiger partial charge in [0.15, 0.2) is 0 Å². The van der Waals surface area contributed by atoms with Gasteiger partial charge < -0.3 is 9.88 Å². The summed E-state index contributed by atoms with van der Waals surface area (Å²) in [6.07, 6.45) is 6.21. The summed E-state index contributed by atoms with van der Waals surface area (Å²) in [6.45, 7) is 0.833. The zero-order valence-electron chi connectivity index (χ0n) is 12.8. The Morgan fingerprint density at radius 1 is 1.08 bits per heavy atom. The monoisotopic (exact) mass is 334 g/mol. The Morgan fingerprint density at radius 2 is 1.96 bits per heavy atom. The highest BCUT2D eigenvalue weighted by Crippen LogP contribution is 2.38. The van der Waals surface area contributed by atoms with Gasteiger partial charge >= 0.3 is 0 Å². The van der Waals surface area contributed by atoms with Crippen LogP contribution >= 0.6 is 11.3 Å². The number of anilines is 1. The van der Waals surface area contributed by atoms with Crippen molar-refractivity contribution < 1.29 is 0 Å². The number of hydrogen-bond acceptors (Lipinski definition) is 6. The van der Waals surface area contributed by atoms with Gasteiger partial charge in [0.05, 0.1) is 22.2 Å². The van der Waals surface area contributed by atoms with Crippen LogP contribution in [-0.4, -0.2) is 31.5 Å². The summed E-state index contributed by atoms with van der Waals surface area (Å²) >= 11 is 1.71. The fourth-order valence-corrected chi connectivity index (χ4v) is 4.27. The van der Waals surface area contributed by atoms with Gasteiger partial charge in [0.25, 0.3) is 0 Å². The average molecular weight is 334 g/mol. The number of rotatable bonds is 2. The Kier molecular flexibility index (Phi) is 3.05. The first-order chi connectivity index (χ1) is 11.9. The normalized spacial score (nSPS) is 17.2. The maximum absolute atomic E-state index is 4.86. The summed E-state index contributed by atoms with van der Waals surface area (Å²) in [5.74, 6) is 0.718. The van der Waals surface area contributed by atoms with Crippen LogP contribution in [0.3, 0.4) is 0 Å². The summed E-state index contributed by atoms with van der Waals surface area (Å²) < 4.78 is 1.18. The molecule has 1 aromatic carbocycles. The van der Waals surface area contributed by atoms with Crippen molar-refractivity contribution in [2.24, 2.45) is 0 Å². The topological polar surface area (TPSA) is 70.6 Å². The summed E-state index contributed by atoms with van der Waals surface area (Å²) in [6, 6.07) is 10.00. The van der Waals surface area contributed by atoms with Crippen molar-refractivity contribution in [2.45, 2.75) is 12.5 Å². The first-order valence-corrected chi connectivity index (χ1v) is 8.63. The van der Waals surface area contributed by atoms with Crippen LogP contribution in [0.25, 0.3) is 10.2 Å². The van der Waals surface area contributed by atoms with Crippen LogP contribution in [0.4, 0.5) is 5.95 Å². The van der Waals surface area contributed by atoms with Crippen LogP contribution in [0.2, 0.25) is 0 Å². The molecular formula is C17H14N6S. The SMILES string of the molecule is c1cnc(N2CCc3[nH]cnc3[C@H]2c2nc3ccccc3s2)nc1. The molecule has 1 aliphatic heterocycles. The Balaban J connectivity index is 1.68. The van der Waals surface area contributed by atoms with E-state index in [-0.39, 0.29) is 6.04 Å². The number of aromatic nitrogens is 5. The van der Waals surface area contributed by atoms with Gasteiger partial charge in [0.2, 0.25) is 5.95 Å². The molecule has 0 spiro atoms. The molecule has 1 aliphatic rings. The molecule has 0 saturated carbocycles. The molecular weight excluding hydrogens is 320 g/mol. The number of hydrogen-bond donors (Lipinski definition) is 1. The number of fused-ring (bicyclic) bond motifs is 2. The van der Waals surface area contributed by atoms with Gasteiger partial charge in [-0.2, -0.15) is 0 Å². The highest BCUT2D eigenvalue weighted by Gasteiger charge is 2.34. The molecule has 5 rings (SSSR count). The molecule has 0 radical (unpaired) electrons. The Bertz CT molecular complexity index is 959. The van der Waals surface area contributed by atoms with Gasteiger partial charge in [-0.3, -0.25) is 0 Å². The zero-order chi connectivity index (χ0) is 15.9. The van der Waals surface area contributed by atoms with E-state index in [1.54, 1.807) is 30.1 Å². The maximum Gasteiger partial charge on any atom is 0.226 e. The third kappa shape index (κ3) is 2.09. The summed E-state index contributed by atoms with van der Waals surface area (Å²) in [7, 11) is 0. The largest absolute Gasteiger partial charge is 0.348 e. The van der Waals surface area contributed by atoms with Crippen molar-refractivity contribution in [1.29, 1.82) is 0 Å². The van der Waals surface area contributed by atoms with Gasteiger partial charge in [-0.15, -0.1) is 11.3 Å². The standard InChI is InChI=1S/C17H14N6S/c1-2-5-13-11(4-1)22-16(24-13)15-14-12(20-10-21-14)6-9-23(15)17-18-7-3-8-19-17/h1-5,7-8,10,15H,6,9H2,(H,20,21)/t15-/m0/s1. The van der Waals surface area contributed by atoms with Crippen LogP contribution in [0.15, 0.2) is 49.1 Å². The van der Waals surface area contributed by atoms with Crippen LogP contribution < -0.4 is 4.90 Å². The van der Waals surface area contributed by atoms with E-state index in [9.17, 15) is 0 Å². The maximum atomic E-state index is 4.86. The van der Waals surface area contributed by atoms with E-state index in [0.717, 1.165) is 35.1 Å². The Labute approximate surface area is 142 Å². The summed E-state index contributed by atoms with van der Waals surface area (Å²) in [4.78, 5) is 23.8. The summed E-state index contributed by atoms with van der Waals surface area (Å²) in [5.41, 5.74) is 3.22. The molecule has 0 amide bonds. The molecule has 3 aromatic heterocycles. The number of thiazole rings is 1. The minimum Gasteiger partial charge on any atom is -0.348 e. The fraction of sp³-hybridized carbons (Fsp3) is 0.176. The smallest absolute Gasteiger partial charge is 0.226 e. The van der Waals surface area contributed by atoms with E-state index >= 15 is 0 Å². The second kappa shape index (κ2) is 5.38. The van der Waals surface area contributed by atoms with Crippen molar-refractivity contribution in [2.75, 3.05) is 11.4 Å². The highest BCUT2D eigenvalue weighted by molar-refractivity contribution is 7.18.